The maximum absolute atomic E-state index is 4.79. The second-order valence-electron chi connectivity index (χ2n) is 6.31. The third kappa shape index (κ3) is 6.41. The van der Waals surface area contributed by atoms with E-state index in [2.05, 4.69) is 64.3 Å². The van der Waals surface area contributed by atoms with Gasteiger partial charge in [0.25, 0.3) is 0 Å². The third-order valence-electron chi connectivity index (χ3n) is 4.27. The van der Waals surface area contributed by atoms with Gasteiger partial charge in [0.05, 0.1) is 0 Å². The Morgan fingerprint density at radius 3 is 2.65 bits per heavy atom. The van der Waals surface area contributed by atoms with E-state index in [1.165, 1.54) is 10.5 Å². The highest BCUT2D eigenvalue weighted by molar-refractivity contribution is 7.98. The van der Waals surface area contributed by atoms with Crippen LogP contribution in [0.3, 0.4) is 0 Å². The summed E-state index contributed by atoms with van der Waals surface area (Å²) in [5.74, 6) is 2.05. The highest BCUT2D eigenvalue weighted by Crippen LogP contribution is 2.15. The van der Waals surface area contributed by atoms with Crippen molar-refractivity contribution < 1.29 is 0 Å². The van der Waals surface area contributed by atoms with Crippen molar-refractivity contribution in [2.45, 2.75) is 44.7 Å². The first-order valence-corrected chi connectivity index (χ1v) is 10.5. The number of nitrogens with zero attached hydrogens (tertiary/aromatic N) is 4. The summed E-state index contributed by atoms with van der Waals surface area (Å²) in [7, 11) is 2.10. The molecule has 0 bridgehead atoms. The van der Waals surface area contributed by atoms with Crippen LogP contribution in [-0.2, 0) is 13.1 Å². The molecule has 0 unspecified atom stereocenters. The van der Waals surface area contributed by atoms with Gasteiger partial charge >= 0.3 is 0 Å². The number of benzene rings is 1. The second kappa shape index (κ2) is 10.9. The van der Waals surface area contributed by atoms with E-state index in [4.69, 9.17) is 4.99 Å². The van der Waals surface area contributed by atoms with Gasteiger partial charge in [0.15, 0.2) is 5.96 Å². The van der Waals surface area contributed by atoms with Gasteiger partial charge in [0.2, 0.25) is 0 Å². The molecule has 6 heteroatoms. The Morgan fingerprint density at radius 2 is 2.04 bits per heavy atom. The molecule has 0 aliphatic carbocycles. The van der Waals surface area contributed by atoms with Gasteiger partial charge in [-0.2, -0.15) is 0 Å². The standard InChI is InChI=1S/C20H31N5S/c1-5-21-20(23-12-6-7-14-25-15-13-22-17(25)2)24(3)16-18-8-10-19(26-4)11-9-18/h8-11,13,15H,5-7,12,14,16H2,1-4H3,(H,21,23). The minimum atomic E-state index is 0.839. The van der Waals surface area contributed by atoms with Crippen molar-refractivity contribution in [3.05, 3.63) is 48.0 Å². The molecular weight excluding hydrogens is 342 g/mol. The van der Waals surface area contributed by atoms with E-state index in [0.717, 1.165) is 50.8 Å². The summed E-state index contributed by atoms with van der Waals surface area (Å²) in [6.07, 6.45) is 8.18. The molecule has 1 heterocycles. The van der Waals surface area contributed by atoms with Crippen LogP contribution in [0.15, 0.2) is 46.5 Å². The molecular formula is C20H31N5S. The number of aromatic nitrogens is 2. The van der Waals surface area contributed by atoms with Crippen LogP contribution < -0.4 is 5.32 Å². The Labute approximate surface area is 161 Å². The molecule has 0 fully saturated rings. The molecule has 0 saturated heterocycles. The van der Waals surface area contributed by atoms with Crippen molar-refractivity contribution in [3.63, 3.8) is 0 Å². The molecule has 142 valence electrons. The lowest BCUT2D eigenvalue weighted by atomic mass is 10.2. The highest BCUT2D eigenvalue weighted by atomic mass is 32.2. The average Bonchev–Trinajstić information content (AvgIpc) is 3.06. The molecule has 1 aromatic carbocycles. The second-order valence-corrected chi connectivity index (χ2v) is 7.19. The molecule has 0 aliphatic rings. The average molecular weight is 374 g/mol. The fourth-order valence-corrected chi connectivity index (χ4v) is 3.18. The molecule has 26 heavy (non-hydrogen) atoms. The van der Waals surface area contributed by atoms with Crippen LogP contribution in [0, 0.1) is 6.92 Å². The normalized spacial score (nSPS) is 11.6. The van der Waals surface area contributed by atoms with Crippen molar-refractivity contribution in [3.8, 4) is 0 Å². The summed E-state index contributed by atoms with van der Waals surface area (Å²) >= 11 is 1.77. The number of nitrogens with one attached hydrogen (secondary N) is 1. The number of unbranched alkanes of at least 4 members (excludes halogenated alkanes) is 1. The van der Waals surface area contributed by atoms with E-state index in [0.29, 0.717) is 0 Å². The molecule has 2 aromatic rings. The van der Waals surface area contributed by atoms with Crippen molar-refractivity contribution in [1.82, 2.24) is 19.8 Å². The lowest BCUT2D eigenvalue weighted by Crippen LogP contribution is -2.38. The number of aryl methyl sites for hydroxylation is 2. The zero-order valence-corrected chi connectivity index (χ0v) is 17.2. The van der Waals surface area contributed by atoms with Crippen LogP contribution in [0.1, 0.15) is 31.2 Å². The summed E-state index contributed by atoms with van der Waals surface area (Å²) in [5.41, 5.74) is 1.30. The quantitative estimate of drug-likeness (QED) is 0.314. The summed E-state index contributed by atoms with van der Waals surface area (Å²) in [4.78, 5) is 12.5. The number of hydrogen-bond acceptors (Lipinski definition) is 3. The first-order chi connectivity index (χ1) is 12.6. The van der Waals surface area contributed by atoms with E-state index in [9.17, 15) is 0 Å². The van der Waals surface area contributed by atoms with E-state index in [-0.39, 0.29) is 0 Å². The van der Waals surface area contributed by atoms with Gasteiger partial charge in [-0.25, -0.2) is 4.98 Å². The van der Waals surface area contributed by atoms with E-state index in [1.54, 1.807) is 11.8 Å². The number of guanidine groups is 1. The summed E-state index contributed by atoms with van der Waals surface area (Å²) in [6.45, 7) is 7.74. The van der Waals surface area contributed by atoms with Gasteiger partial charge in [-0.3, -0.25) is 4.99 Å². The Balaban J connectivity index is 1.82. The summed E-state index contributed by atoms with van der Waals surface area (Å²) in [6, 6.07) is 8.74. The lowest BCUT2D eigenvalue weighted by Gasteiger charge is -2.22. The summed E-state index contributed by atoms with van der Waals surface area (Å²) < 4.78 is 2.19. The molecule has 1 aromatic heterocycles. The van der Waals surface area contributed by atoms with Crippen molar-refractivity contribution >= 4 is 17.7 Å². The Morgan fingerprint density at radius 1 is 1.27 bits per heavy atom. The number of rotatable bonds is 9. The molecule has 0 radical (unpaired) electrons. The molecule has 2 rings (SSSR count). The number of aliphatic imine (C=N–C) groups is 1. The van der Waals surface area contributed by atoms with Gasteiger partial charge in [0.1, 0.15) is 5.82 Å². The van der Waals surface area contributed by atoms with Gasteiger partial charge in [-0.05, 0) is 50.6 Å². The fraction of sp³-hybridized carbons (Fsp3) is 0.500. The van der Waals surface area contributed by atoms with E-state index in [1.807, 2.05) is 19.3 Å². The fourth-order valence-electron chi connectivity index (χ4n) is 2.77. The summed E-state index contributed by atoms with van der Waals surface area (Å²) in [5, 5.41) is 3.40. The zero-order chi connectivity index (χ0) is 18.8. The van der Waals surface area contributed by atoms with Crippen LogP contribution in [-0.4, -0.2) is 46.8 Å². The van der Waals surface area contributed by atoms with Crippen LogP contribution in [0.5, 0.6) is 0 Å². The van der Waals surface area contributed by atoms with Crippen molar-refractivity contribution in [1.29, 1.82) is 0 Å². The zero-order valence-electron chi connectivity index (χ0n) is 16.4. The number of imidazole rings is 1. The highest BCUT2D eigenvalue weighted by Gasteiger charge is 2.06. The maximum Gasteiger partial charge on any atom is 0.193 e. The topological polar surface area (TPSA) is 45.5 Å². The minimum Gasteiger partial charge on any atom is -0.357 e. The Bertz CT molecular complexity index is 678. The minimum absolute atomic E-state index is 0.839. The van der Waals surface area contributed by atoms with E-state index >= 15 is 0 Å². The Kier molecular flexibility index (Phi) is 8.54. The van der Waals surface area contributed by atoms with Crippen molar-refractivity contribution in [2.75, 3.05) is 26.4 Å². The first kappa shape index (κ1) is 20.4. The van der Waals surface area contributed by atoms with Crippen LogP contribution in [0.25, 0.3) is 0 Å². The molecule has 0 amide bonds. The van der Waals surface area contributed by atoms with Crippen molar-refractivity contribution in [2.24, 2.45) is 4.99 Å². The van der Waals surface area contributed by atoms with Crippen LogP contribution in [0.4, 0.5) is 0 Å². The van der Waals surface area contributed by atoms with Gasteiger partial charge in [-0.1, -0.05) is 12.1 Å². The van der Waals surface area contributed by atoms with Gasteiger partial charge in [-0.15, -0.1) is 11.8 Å². The molecule has 0 saturated carbocycles. The van der Waals surface area contributed by atoms with Gasteiger partial charge in [0, 0.05) is 50.5 Å². The third-order valence-corrected chi connectivity index (χ3v) is 5.01. The Hall–Kier alpha value is -1.95. The predicted molar refractivity (Wildman–Crippen MR) is 112 cm³/mol. The number of thioether (sulfide) groups is 1. The lowest BCUT2D eigenvalue weighted by molar-refractivity contribution is 0.475. The monoisotopic (exact) mass is 373 g/mol. The predicted octanol–water partition coefficient (Wildman–Crippen LogP) is 3.79. The number of hydrogen-bond donors (Lipinski definition) is 1. The SMILES string of the molecule is CCNC(=NCCCCn1ccnc1C)N(C)Cc1ccc(SC)cc1. The molecule has 5 nitrogen and oxygen atoms in total. The smallest absolute Gasteiger partial charge is 0.193 e. The van der Waals surface area contributed by atoms with Gasteiger partial charge < -0.3 is 14.8 Å². The maximum atomic E-state index is 4.79. The van der Waals surface area contributed by atoms with Crippen LogP contribution >= 0.6 is 11.8 Å². The molecule has 0 aliphatic heterocycles. The first-order valence-electron chi connectivity index (χ1n) is 9.24. The molecule has 0 spiro atoms. The largest absolute Gasteiger partial charge is 0.357 e. The van der Waals surface area contributed by atoms with E-state index < -0.39 is 0 Å². The molecule has 0 atom stereocenters. The molecule has 1 N–H and O–H groups in total. The van der Waals surface area contributed by atoms with Crippen LogP contribution in [0.2, 0.25) is 0 Å².